The molecule has 1 amide bonds. The summed E-state index contributed by atoms with van der Waals surface area (Å²) in [7, 11) is 1.52. The molecule has 0 radical (unpaired) electrons. The van der Waals surface area contributed by atoms with Crippen LogP contribution < -0.4 is 14.8 Å². The third-order valence-electron chi connectivity index (χ3n) is 4.24. The first-order valence-electron chi connectivity index (χ1n) is 9.18. The zero-order chi connectivity index (χ0) is 22.3. The van der Waals surface area contributed by atoms with E-state index in [1.807, 2.05) is 18.2 Å². The molecule has 0 aliphatic heterocycles. The van der Waals surface area contributed by atoms with E-state index in [2.05, 4.69) is 21.2 Å². The molecule has 6 nitrogen and oxygen atoms in total. The minimum atomic E-state index is -1.07. The van der Waals surface area contributed by atoms with Crippen molar-refractivity contribution in [2.24, 2.45) is 5.92 Å². The molecule has 2 aromatic carbocycles. The molecule has 2 N–H and O–H groups in total. The van der Waals surface area contributed by atoms with Gasteiger partial charge < -0.3 is 19.9 Å². The summed E-state index contributed by atoms with van der Waals surface area (Å²) >= 11 is 9.63. The van der Waals surface area contributed by atoms with Gasteiger partial charge in [-0.1, -0.05) is 43.6 Å². The molecule has 0 saturated carbocycles. The Morgan fingerprint density at radius 3 is 2.57 bits per heavy atom. The van der Waals surface area contributed by atoms with Crippen LogP contribution in [0.5, 0.6) is 11.5 Å². The molecule has 0 heterocycles. The number of amides is 1. The summed E-state index contributed by atoms with van der Waals surface area (Å²) in [6.45, 7) is 3.72. The average Bonchev–Trinajstić information content (AvgIpc) is 2.69. The van der Waals surface area contributed by atoms with Crippen molar-refractivity contribution in [3.63, 3.8) is 0 Å². The lowest BCUT2D eigenvalue weighted by Gasteiger charge is -2.16. The first-order chi connectivity index (χ1) is 14.2. The lowest BCUT2D eigenvalue weighted by atomic mass is 10.0. The van der Waals surface area contributed by atoms with Gasteiger partial charge in [-0.2, -0.15) is 0 Å². The summed E-state index contributed by atoms with van der Waals surface area (Å²) in [5, 5.41) is 12.3. The topological polar surface area (TPSA) is 84.9 Å². The Morgan fingerprint density at radius 2 is 1.97 bits per heavy atom. The van der Waals surface area contributed by atoms with Crippen LogP contribution in [0.25, 0.3) is 6.08 Å². The smallest absolute Gasteiger partial charge is 0.326 e. The van der Waals surface area contributed by atoms with Gasteiger partial charge in [0.1, 0.15) is 12.6 Å². The van der Waals surface area contributed by atoms with Crippen LogP contribution in [0.15, 0.2) is 46.9 Å². The van der Waals surface area contributed by atoms with Gasteiger partial charge in [-0.05, 0) is 51.7 Å². The van der Waals surface area contributed by atoms with Crippen molar-refractivity contribution in [2.45, 2.75) is 26.5 Å². The van der Waals surface area contributed by atoms with Gasteiger partial charge in [-0.15, -0.1) is 0 Å². The van der Waals surface area contributed by atoms with Crippen LogP contribution in [0.3, 0.4) is 0 Å². The van der Waals surface area contributed by atoms with Crippen molar-refractivity contribution in [3.05, 3.63) is 63.1 Å². The molecule has 1 atom stereocenters. The second kappa shape index (κ2) is 11.0. The predicted octanol–water partition coefficient (Wildman–Crippen LogP) is 4.93. The quantitative estimate of drug-likeness (QED) is 0.481. The lowest BCUT2D eigenvalue weighted by Crippen LogP contribution is -2.43. The van der Waals surface area contributed by atoms with Crippen LogP contribution in [-0.2, 0) is 16.2 Å². The Morgan fingerprint density at radius 1 is 1.27 bits per heavy atom. The van der Waals surface area contributed by atoms with E-state index in [0.717, 1.165) is 5.56 Å². The number of halogens is 2. The van der Waals surface area contributed by atoms with Gasteiger partial charge >= 0.3 is 5.97 Å². The van der Waals surface area contributed by atoms with Crippen LogP contribution in [0, 0.1) is 5.92 Å². The molecule has 0 aliphatic rings. The Bertz CT molecular complexity index is 945. The number of nitrogens with one attached hydrogen (secondary N) is 1. The van der Waals surface area contributed by atoms with Crippen molar-refractivity contribution < 1.29 is 24.2 Å². The third-order valence-corrected chi connectivity index (χ3v) is 5.20. The molecule has 0 unspecified atom stereocenters. The van der Waals surface area contributed by atoms with E-state index in [9.17, 15) is 14.7 Å². The third kappa shape index (κ3) is 6.50. The maximum atomic E-state index is 12.1. The number of carboxylic acid groups (broad SMARTS) is 1. The molecular weight excluding hydrogens is 474 g/mol. The monoisotopic (exact) mass is 495 g/mol. The van der Waals surface area contributed by atoms with Gasteiger partial charge in [0.05, 0.1) is 11.6 Å². The fourth-order valence-corrected chi connectivity index (χ4v) is 3.39. The molecule has 30 heavy (non-hydrogen) atoms. The van der Waals surface area contributed by atoms with Crippen molar-refractivity contribution in [2.75, 3.05) is 7.11 Å². The maximum absolute atomic E-state index is 12.1. The molecule has 0 aromatic heterocycles. The van der Waals surface area contributed by atoms with Gasteiger partial charge in [-0.3, -0.25) is 4.79 Å². The number of hydrogen-bond acceptors (Lipinski definition) is 4. The second-order valence-corrected chi connectivity index (χ2v) is 8.08. The minimum Gasteiger partial charge on any atom is -0.493 e. The zero-order valence-corrected chi connectivity index (χ0v) is 19.2. The number of benzene rings is 2. The van der Waals surface area contributed by atoms with E-state index in [1.165, 1.54) is 13.2 Å². The highest BCUT2D eigenvalue weighted by atomic mass is 79.9. The van der Waals surface area contributed by atoms with Crippen molar-refractivity contribution in [1.29, 1.82) is 0 Å². The van der Waals surface area contributed by atoms with Gasteiger partial charge in [0, 0.05) is 16.7 Å². The van der Waals surface area contributed by atoms with Crippen molar-refractivity contribution >= 4 is 45.5 Å². The first kappa shape index (κ1) is 23.8. The van der Waals surface area contributed by atoms with Crippen LogP contribution in [0.1, 0.15) is 25.0 Å². The Hall–Kier alpha value is -2.51. The van der Waals surface area contributed by atoms with E-state index in [4.69, 9.17) is 21.1 Å². The van der Waals surface area contributed by atoms with Gasteiger partial charge in [0.15, 0.2) is 11.5 Å². The lowest BCUT2D eigenvalue weighted by molar-refractivity contribution is -0.142. The highest BCUT2D eigenvalue weighted by Gasteiger charge is 2.22. The Balaban J connectivity index is 2.14. The average molecular weight is 497 g/mol. The van der Waals surface area contributed by atoms with Crippen molar-refractivity contribution in [3.8, 4) is 11.5 Å². The van der Waals surface area contributed by atoms with E-state index in [1.54, 1.807) is 38.1 Å². The SMILES string of the molecule is COc1cc(/C=C/C(=O)N[C@H](C(=O)O)C(C)C)cc(Br)c1OCc1ccccc1Cl. The summed E-state index contributed by atoms with van der Waals surface area (Å²) in [6.07, 6.45) is 2.85. The molecule has 0 saturated heterocycles. The number of rotatable bonds is 9. The van der Waals surface area contributed by atoms with Crippen LogP contribution >= 0.6 is 27.5 Å². The standard InChI is InChI=1S/C22H23BrClNO5/c1-13(2)20(22(27)28)25-19(26)9-8-14-10-16(23)21(18(11-14)29-3)30-12-15-6-4-5-7-17(15)24/h4-11,13,20H,12H2,1-3H3,(H,25,26)(H,27,28)/b9-8+/t20-/m0/s1. The highest BCUT2D eigenvalue weighted by molar-refractivity contribution is 9.10. The summed E-state index contributed by atoms with van der Waals surface area (Å²) in [4.78, 5) is 23.3. The molecule has 0 spiro atoms. The molecule has 160 valence electrons. The number of carboxylic acids is 1. The van der Waals surface area contributed by atoms with Crippen molar-refractivity contribution in [1.82, 2.24) is 5.32 Å². The van der Waals surface area contributed by atoms with E-state index < -0.39 is 17.9 Å². The minimum absolute atomic E-state index is 0.233. The number of ether oxygens (including phenoxy) is 2. The summed E-state index contributed by atoms with van der Waals surface area (Å²) in [5.74, 6) is -0.822. The number of hydrogen-bond donors (Lipinski definition) is 2. The highest BCUT2D eigenvalue weighted by Crippen LogP contribution is 2.37. The second-order valence-electron chi connectivity index (χ2n) is 6.82. The summed E-state index contributed by atoms with van der Waals surface area (Å²) in [6, 6.07) is 9.92. The van der Waals surface area contributed by atoms with E-state index in [-0.39, 0.29) is 12.5 Å². The fourth-order valence-electron chi connectivity index (χ4n) is 2.63. The number of methoxy groups -OCH3 is 1. The predicted molar refractivity (Wildman–Crippen MR) is 120 cm³/mol. The molecule has 2 rings (SSSR count). The van der Waals surface area contributed by atoms with Gasteiger partial charge in [0.25, 0.3) is 0 Å². The normalized spacial score (nSPS) is 12.1. The molecule has 8 heteroatoms. The fraction of sp³-hybridized carbons (Fsp3) is 0.273. The summed E-state index contributed by atoms with van der Waals surface area (Å²) < 4.78 is 11.9. The zero-order valence-electron chi connectivity index (χ0n) is 16.8. The van der Waals surface area contributed by atoms with E-state index in [0.29, 0.717) is 26.6 Å². The maximum Gasteiger partial charge on any atom is 0.326 e. The van der Waals surface area contributed by atoms with Crippen LogP contribution in [0.2, 0.25) is 5.02 Å². The van der Waals surface area contributed by atoms with Gasteiger partial charge in [0.2, 0.25) is 5.91 Å². The molecule has 0 aliphatic carbocycles. The van der Waals surface area contributed by atoms with Gasteiger partial charge in [-0.25, -0.2) is 4.79 Å². The van der Waals surface area contributed by atoms with Crippen LogP contribution in [0.4, 0.5) is 0 Å². The number of carbonyl (C=O) groups is 2. The molecule has 0 fully saturated rings. The number of carbonyl (C=O) groups excluding carboxylic acids is 1. The first-order valence-corrected chi connectivity index (χ1v) is 10.3. The van der Waals surface area contributed by atoms with Crippen LogP contribution in [-0.4, -0.2) is 30.1 Å². The molecule has 0 bridgehead atoms. The summed E-state index contributed by atoms with van der Waals surface area (Å²) in [5.41, 5.74) is 1.52. The molecular formula is C22H23BrClNO5. The largest absolute Gasteiger partial charge is 0.493 e. The van der Waals surface area contributed by atoms with E-state index >= 15 is 0 Å². The Labute approximate surface area is 189 Å². The Kier molecular flexibility index (Phi) is 8.74. The molecule has 2 aromatic rings. The number of aliphatic carboxylic acids is 1.